The van der Waals surface area contributed by atoms with Crippen LogP contribution >= 0.6 is 11.6 Å². The molecule has 1 aromatic rings. The second-order valence-corrected chi connectivity index (χ2v) is 8.44. The molecule has 3 amide bonds. The minimum Gasteiger partial charge on any atom is -0.381 e. The Morgan fingerprint density at radius 3 is 2.43 bits per heavy atom. The van der Waals surface area contributed by atoms with Gasteiger partial charge in [-0.3, -0.25) is 14.4 Å². The van der Waals surface area contributed by atoms with E-state index < -0.39 is 11.6 Å². The third-order valence-corrected chi connectivity index (χ3v) is 5.57. The first-order valence-electron chi connectivity index (χ1n) is 10.0. The highest BCUT2D eigenvalue weighted by Gasteiger charge is 2.40. The molecule has 0 spiro atoms. The van der Waals surface area contributed by atoms with Crippen LogP contribution in [0.15, 0.2) is 36.4 Å². The molecule has 0 radical (unpaired) electrons. The van der Waals surface area contributed by atoms with Gasteiger partial charge in [-0.1, -0.05) is 44.2 Å². The van der Waals surface area contributed by atoms with Crippen LogP contribution in [0.5, 0.6) is 0 Å². The van der Waals surface area contributed by atoms with Crippen LogP contribution in [0.2, 0.25) is 5.02 Å². The molecular formula is C22H30ClN3O4. The summed E-state index contributed by atoms with van der Waals surface area (Å²) in [5, 5.41) is 17.1. The SMILES string of the molecule is C=C1CN(C(=O)[C@H](NC(=O)CCNC(C)=O)C(C)C)CC[C@]1(O)c1ccc(Cl)cc1. The summed E-state index contributed by atoms with van der Waals surface area (Å²) in [5.41, 5.74) is -0.0179. The zero-order chi connectivity index (χ0) is 22.5. The number of aliphatic hydroxyl groups is 1. The molecule has 0 unspecified atom stereocenters. The smallest absolute Gasteiger partial charge is 0.245 e. The Labute approximate surface area is 182 Å². The summed E-state index contributed by atoms with van der Waals surface area (Å²) in [6.07, 6.45) is 0.402. The summed E-state index contributed by atoms with van der Waals surface area (Å²) in [5.74, 6) is -0.840. The van der Waals surface area contributed by atoms with Crippen molar-refractivity contribution < 1.29 is 19.5 Å². The lowest BCUT2D eigenvalue weighted by atomic mass is 9.81. The van der Waals surface area contributed by atoms with E-state index in [-0.39, 0.29) is 43.1 Å². The molecule has 0 saturated carbocycles. The number of halogens is 1. The molecule has 7 nitrogen and oxygen atoms in total. The minimum atomic E-state index is -1.23. The van der Waals surface area contributed by atoms with Crippen molar-refractivity contribution >= 4 is 29.3 Å². The number of nitrogens with one attached hydrogen (secondary N) is 2. The highest BCUT2D eigenvalue weighted by atomic mass is 35.5. The molecule has 1 aliphatic heterocycles. The molecule has 3 N–H and O–H groups in total. The quantitative estimate of drug-likeness (QED) is 0.570. The molecule has 2 atom stereocenters. The van der Waals surface area contributed by atoms with Crippen molar-refractivity contribution in [2.24, 2.45) is 5.92 Å². The van der Waals surface area contributed by atoms with Gasteiger partial charge in [-0.05, 0) is 29.2 Å². The average molecular weight is 436 g/mol. The van der Waals surface area contributed by atoms with Gasteiger partial charge in [0.15, 0.2) is 0 Å². The molecule has 0 aliphatic carbocycles. The van der Waals surface area contributed by atoms with E-state index in [1.165, 1.54) is 6.92 Å². The number of benzene rings is 1. The maximum atomic E-state index is 13.1. The van der Waals surface area contributed by atoms with Crippen LogP contribution in [0.3, 0.4) is 0 Å². The summed E-state index contributed by atoms with van der Waals surface area (Å²) >= 11 is 5.94. The molecule has 1 saturated heterocycles. The van der Waals surface area contributed by atoms with Crippen LogP contribution in [-0.4, -0.2) is 53.4 Å². The molecule has 1 fully saturated rings. The number of amides is 3. The molecule has 8 heteroatoms. The third-order valence-electron chi connectivity index (χ3n) is 5.32. The minimum absolute atomic E-state index is 0.0963. The number of nitrogens with zero attached hydrogens (tertiary/aromatic N) is 1. The maximum absolute atomic E-state index is 13.1. The fourth-order valence-electron chi connectivity index (χ4n) is 3.48. The Kier molecular flexibility index (Phi) is 8.03. The van der Waals surface area contributed by atoms with Crippen molar-refractivity contribution in [3.8, 4) is 0 Å². The largest absolute Gasteiger partial charge is 0.381 e. The van der Waals surface area contributed by atoms with Crippen molar-refractivity contribution in [3.63, 3.8) is 0 Å². The topological polar surface area (TPSA) is 98.7 Å². The lowest BCUT2D eigenvalue weighted by Gasteiger charge is -2.42. The van der Waals surface area contributed by atoms with E-state index in [4.69, 9.17) is 11.6 Å². The molecule has 30 heavy (non-hydrogen) atoms. The predicted octanol–water partition coefficient (Wildman–Crippen LogP) is 1.98. The van der Waals surface area contributed by atoms with Gasteiger partial charge >= 0.3 is 0 Å². The van der Waals surface area contributed by atoms with Crippen LogP contribution in [-0.2, 0) is 20.0 Å². The fraction of sp³-hybridized carbons (Fsp3) is 0.500. The monoisotopic (exact) mass is 435 g/mol. The van der Waals surface area contributed by atoms with Crippen LogP contribution < -0.4 is 10.6 Å². The third kappa shape index (κ3) is 5.83. The summed E-state index contributed by atoms with van der Waals surface area (Å²) in [7, 11) is 0. The van der Waals surface area contributed by atoms with E-state index in [9.17, 15) is 19.5 Å². The van der Waals surface area contributed by atoms with E-state index in [2.05, 4.69) is 17.2 Å². The van der Waals surface area contributed by atoms with Crippen molar-refractivity contribution in [3.05, 3.63) is 47.0 Å². The lowest BCUT2D eigenvalue weighted by molar-refractivity contribution is -0.139. The molecule has 0 aromatic heterocycles. The number of hydrogen-bond donors (Lipinski definition) is 3. The van der Waals surface area contributed by atoms with Crippen molar-refractivity contribution in [1.29, 1.82) is 0 Å². The highest BCUT2D eigenvalue weighted by Crippen LogP contribution is 2.36. The number of carbonyl (C=O) groups excluding carboxylic acids is 3. The number of rotatable bonds is 7. The zero-order valence-corrected chi connectivity index (χ0v) is 18.5. The van der Waals surface area contributed by atoms with Gasteiger partial charge in [0.05, 0.1) is 0 Å². The first-order valence-corrected chi connectivity index (χ1v) is 10.4. The zero-order valence-electron chi connectivity index (χ0n) is 17.7. The second kappa shape index (κ2) is 10.1. The van der Waals surface area contributed by atoms with E-state index in [1.807, 2.05) is 13.8 Å². The molecule has 1 heterocycles. The van der Waals surface area contributed by atoms with E-state index >= 15 is 0 Å². The molecular weight excluding hydrogens is 406 g/mol. The van der Waals surface area contributed by atoms with Gasteiger partial charge in [0.2, 0.25) is 17.7 Å². The predicted molar refractivity (Wildman–Crippen MR) is 116 cm³/mol. The number of piperidine rings is 1. The van der Waals surface area contributed by atoms with Crippen LogP contribution in [0.4, 0.5) is 0 Å². The normalized spacial score (nSPS) is 20.1. The van der Waals surface area contributed by atoms with Gasteiger partial charge in [-0.25, -0.2) is 0 Å². The van der Waals surface area contributed by atoms with Crippen molar-refractivity contribution in [1.82, 2.24) is 15.5 Å². The van der Waals surface area contributed by atoms with Gasteiger partial charge < -0.3 is 20.6 Å². The van der Waals surface area contributed by atoms with E-state index in [0.717, 1.165) is 0 Å². The van der Waals surface area contributed by atoms with Gasteiger partial charge in [0, 0.05) is 44.4 Å². The summed E-state index contributed by atoms with van der Waals surface area (Å²) in [6.45, 7) is 9.87. The van der Waals surface area contributed by atoms with Crippen LogP contribution in [0.25, 0.3) is 0 Å². The van der Waals surface area contributed by atoms with Gasteiger partial charge in [-0.2, -0.15) is 0 Å². The fourth-order valence-corrected chi connectivity index (χ4v) is 3.61. The van der Waals surface area contributed by atoms with Crippen LogP contribution in [0.1, 0.15) is 39.2 Å². The number of hydrogen-bond acceptors (Lipinski definition) is 4. The molecule has 2 rings (SSSR count). The van der Waals surface area contributed by atoms with Crippen molar-refractivity contribution in [2.45, 2.75) is 45.3 Å². The Hall–Kier alpha value is -2.38. The lowest BCUT2D eigenvalue weighted by Crippen LogP contribution is -2.55. The molecule has 0 bridgehead atoms. The number of likely N-dealkylation sites (tertiary alicyclic amines) is 1. The summed E-state index contributed by atoms with van der Waals surface area (Å²) in [6, 6.07) is 6.26. The Bertz CT molecular complexity index is 809. The Balaban J connectivity index is 2.03. The second-order valence-electron chi connectivity index (χ2n) is 8.00. The summed E-state index contributed by atoms with van der Waals surface area (Å²) in [4.78, 5) is 37.9. The first kappa shape index (κ1) is 23.9. The van der Waals surface area contributed by atoms with Gasteiger partial charge in [0.25, 0.3) is 0 Å². The first-order chi connectivity index (χ1) is 14.0. The van der Waals surface area contributed by atoms with Gasteiger partial charge in [-0.15, -0.1) is 0 Å². The van der Waals surface area contributed by atoms with Crippen molar-refractivity contribution in [2.75, 3.05) is 19.6 Å². The highest BCUT2D eigenvalue weighted by molar-refractivity contribution is 6.30. The number of carbonyl (C=O) groups is 3. The molecule has 1 aromatic carbocycles. The summed E-state index contributed by atoms with van der Waals surface area (Å²) < 4.78 is 0. The Morgan fingerprint density at radius 1 is 1.27 bits per heavy atom. The standard InChI is InChI=1S/C22H30ClN3O4/c1-14(2)20(25-19(28)9-11-24-16(4)27)21(29)26-12-10-22(30,15(3)13-26)17-5-7-18(23)8-6-17/h5-8,14,20,30H,3,9-13H2,1-2,4H3,(H,24,27)(H,25,28)/t20-,22-/m1/s1. The Morgan fingerprint density at radius 2 is 1.90 bits per heavy atom. The molecule has 164 valence electrons. The maximum Gasteiger partial charge on any atom is 0.245 e. The van der Waals surface area contributed by atoms with Crippen LogP contribution in [0, 0.1) is 5.92 Å². The average Bonchev–Trinajstić information content (AvgIpc) is 2.67. The van der Waals surface area contributed by atoms with Gasteiger partial charge in [0.1, 0.15) is 11.6 Å². The van der Waals surface area contributed by atoms with E-state index in [0.29, 0.717) is 29.1 Å². The molecule has 1 aliphatic rings. The van der Waals surface area contributed by atoms with E-state index in [1.54, 1.807) is 29.2 Å².